The van der Waals surface area contributed by atoms with Gasteiger partial charge in [0, 0.05) is 10.2 Å². The minimum atomic E-state index is -0.173. The van der Waals surface area contributed by atoms with Crippen LogP contribution in [0.15, 0.2) is 46.9 Å². The van der Waals surface area contributed by atoms with Gasteiger partial charge in [-0.1, -0.05) is 35.4 Å². The largest absolute Gasteiger partial charge is 0.394 e. The molecule has 100 valence electrons. The molecule has 2 N–H and O–H groups in total. The Hall–Kier alpha value is -1.03. The smallest absolute Gasteiger partial charge is 0.0745 e. The van der Waals surface area contributed by atoms with Crippen molar-refractivity contribution in [3.63, 3.8) is 0 Å². The molecule has 0 aliphatic rings. The molecular weight excluding hydrogens is 326 g/mol. The van der Waals surface area contributed by atoms with Crippen LogP contribution in [0.3, 0.4) is 0 Å². The lowest BCUT2D eigenvalue weighted by molar-refractivity contribution is 0.276. The molecule has 2 aromatic carbocycles. The van der Waals surface area contributed by atoms with Crippen molar-refractivity contribution in [1.29, 1.82) is 0 Å². The average Bonchev–Trinajstić information content (AvgIpc) is 2.41. The quantitative estimate of drug-likeness (QED) is 0.855. The molecule has 0 aliphatic heterocycles. The zero-order chi connectivity index (χ0) is 13.8. The topological polar surface area (TPSA) is 32.3 Å². The third kappa shape index (κ3) is 3.72. The van der Waals surface area contributed by atoms with Crippen molar-refractivity contribution in [1.82, 2.24) is 0 Å². The van der Waals surface area contributed by atoms with Gasteiger partial charge < -0.3 is 10.4 Å². The SMILES string of the molecule is Cc1ccc(NC(CO)c2ccc(Br)c(Cl)c2)cc1. The highest BCUT2D eigenvalue weighted by Gasteiger charge is 2.11. The first-order valence-corrected chi connectivity index (χ1v) is 7.16. The van der Waals surface area contributed by atoms with E-state index in [0.717, 1.165) is 15.7 Å². The number of benzene rings is 2. The fraction of sp³-hybridized carbons (Fsp3) is 0.200. The van der Waals surface area contributed by atoms with Gasteiger partial charge in [-0.2, -0.15) is 0 Å². The fourth-order valence-electron chi connectivity index (χ4n) is 1.81. The first-order valence-electron chi connectivity index (χ1n) is 5.99. The molecule has 0 aromatic heterocycles. The molecule has 0 heterocycles. The van der Waals surface area contributed by atoms with Crippen molar-refractivity contribution in [2.75, 3.05) is 11.9 Å². The molecule has 0 bridgehead atoms. The Morgan fingerprint density at radius 3 is 2.47 bits per heavy atom. The summed E-state index contributed by atoms with van der Waals surface area (Å²) in [6.45, 7) is 2.05. The summed E-state index contributed by atoms with van der Waals surface area (Å²) in [6, 6.07) is 13.6. The van der Waals surface area contributed by atoms with Crippen molar-refractivity contribution in [2.24, 2.45) is 0 Å². The van der Waals surface area contributed by atoms with E-state index in [9.17, 15) is 5.11 Å². The highest BCUT2D eigenvalue weighted by molar-refractivity contribution is 9.10. The minimum absolute atomic E-state index is 0.00579. The normalized spacial score (nSPS) is 12.2. The lowest BCUT2D eigenvalue weighted by Crippen LogP contribution is -2.14. The monoisotopic (exact) mass is 339 g/mol. The molecule has 0 spiro atoms. The van der Waals surface area contributed by atoms with Crippen molar-refractivity contribution in [2.45, 2.75) is 13.0 Å². The van der Waals surface area contributed by atoms with Gasteiger partial charge in [0.25, 0.3) is 0 Å². The van der Waals surface area contributed by atoms with Crippen LogP contribution in [0.1, 0.15) is 17.2 Å². The molecule has 0 aliphatic carbocycles. The van der Waals surface area contributed by atoms with E-state index in [1.165, 1.54) is 5.56 Å². The maximum absolute atomic E-state index is 9.54. The van der Waals surface area contributed by atoms with Gasteiger partial charge >= 0.3 is 0 Å². The summed E-state index contributed by atoms with van der Waals surface area (Å²) in [7, 11) is 0. The van der Waals surface area contributed by atoms with E-state index in [1.807, 2.05) is 49.4 Å². The molecule has 0 saturated heterocycles. The average molecular weight is 341 g/mol. The van der Waals surface area contributed by atoms with E-state index in [4.69, 9.17) is 11.6 Å². The fourth-order valence-corrected chi connectivity index (χ4v) is 2.25. The van der Waals surface area contributed by atoms with Crippen molar-refractivity contribution in [3.8, 4) is 0 Å². The van der Waals surface area contributed by atoms with E-state index in [0.29, 0.717) is 5.02 Å². The van der Waals surface area contributed by atoms with Crippen molar-refractivity contribution >= 4 is 33.2 Å². The number of aliphatic hydroxyl groups excluding tert-OH is 1. The van der Waals surface area contributed by atoms with Gasteiger partial charge in [0.1, 0.15) is 0 Å². The highest BCUT2D eigenvalue weighted by atomic mass is 79.9. The Labute approximate surface area is 126 Å². The summed E-state index contributed by atoms with van der Waals surface area (Å²) in [5, 5.41) is 13.5. The van der Waals surface area contributed by atoms with Gasteiger partial charge in [-0.15, -0.1) is 0 Å². The van der Waals surface area contributed by atoms with E-state index in [-0.39, 0.29) is 12.6 Å². The second kappa shape index (κ2) is 6.42. The molecule has 1 atom stereocenters. The Kier molecular flexibility index (Phi) is 4.86. The van der Waals surface area contributed by atoms with Gasteiger partial charge in [-0.25, -0.2) is 0 Å². The maximum Gasteiger partial charge on any atom is 0.0745 e. The molecule has 1 unspecified atom stereocenters. The molecule has 0 radical (unpaired) electrons. The molecule has 0 saturated carbocycles. The van der Waals surface area contributed by atoms with Crippen LogP contribution in [0.5, 0.6) is 0 Å². The molecule has 2 aromatic rings. The number of hydrogen-bond donors (Lipinski definition) is 2. The summed E-state index contributed by atoms with van der Waals surface area (Å²) < 4.78 is 0.852. The zero-order valence-corrected chi connectivity index (χ0v) is 12.9. The van der Waals surface area contributed by atoms with Crippen LogP contribution in [0.2, 0.25) is 5.02 Å². The first kappa shape index (κ1) is 14.4. The molecule has 19 heavy (non-hydrogen) atoms. The number of anilines is 1. The maximum atomic E-state index is 9.54. The predicted octanol–water partition coefficient (Wildman–Crippen LogP) is 4.56. The molecule has 0 fully saturated rings. The summed E-state index contributed by atoms with van der Waals surface area (Å²) in [5.74, 6) is 0. The highest BCUT2D eigenvalue weighted by Crippen LogP contribution is 2.27. The van der Waals surface area contributed by atoms with Crippen LogP contribution < -0.4 is 5.32 Å². The van der Waals surface area contributed by atoms with Gasteiger partial charge in [0.05, 0.1) is 17.7 Å². The van der Waals surface area contributed by atoms with Crippen LogP contribution in [-0.4, -0.2) is 11.7 Å². The Morgan fingerprint density at radius 2 is 1.89 bits per heavy atom. The third-order valence-electron chi connectivity index (χ3n) is 2.92. The number of halogens is 2. The van der Waals surface area contributed by atoms with Gasteiger partial charge in [-0.05, 0) is 52.7 Å². The third-order valence-corrected chi connectivity index (χ3v) is 4.15. The molecular formula is C15H15BrClNO. The lowest BCUT2D eigenvalue weighted by Gasteiger charge is -2.18. The molecule has 4 heteroatoms. The van der Waals surface area contributed by atoms with Crippen LogP contribution >= 0.6 is 27.5 Å². The van der Waals surface area contributed by atoms with Crippen LogP contribution in [0.4, 0.5) is 5.69 Å². The first-order chi connectivity index (χ1) is 9.10. The van der Waals surface area contributed by atoms with Gasteiger partial charge in [-0.3, -0.25) is 0 Å². The summed E-state index contributed by atoms with van der Waals surface area (Å²) in [6.07, 6.45) is 0. The van der Waals surface area contributed by atoms with E-state index in [2.05, 4.69) is 21.2 Å². The minimum Gasteiger partial charge on any atom is -0.394 e. The summed E-state index contributed by atoms with van der Waals surface area (Å²) >= 11 is 9.44. The van der Waals surface area contributed by atoms with E-state index < -0.39 is 0 Å². The second-order valence-corrected chi connectivity index (χ2v) is 5.68. The lowest BCUT2D eigenvalue weighted by atomic mass is 10.1. The molecule has 0 amide bonds. The Balaban J connectivity index is 2.19. The number of aliphatic hydroxyl groups is 1. The van der Waals surface area contributed by atoms with Crippen molar-refractivity contribution < 1.29 is 5.11 Å². The van der Waals surface area contributed by atoms with Crippen LogP contribution in [-0.2, 0) is 0 Å². The Morgan fingerprint density at radius 1 is 1.21 bits per heavy atom. The zero-order valence-electron chi connectivity index (χ0n) is 10.5. The standard InChI is InChI=1S/C15H15BrClNO/c1-10-2-5-12(6-3-10)18-15(9-19)11-4-7-13(16)14(17)8-11/h2-8,15,18-19H,9H2,1H3. The molecule has 2 rings (SSSR count). The summed E-state index contributed by atoms with van der Waals surface area (Å²) in [5.41, 5.74) is 3.14. The predicted molar refractivity (Wildman–Crippen MR) is 83.8 cm³/mol. The van der Waals surface area contributed by atoms with Crippen LogP contribution in [0.25, 0.3) is 0 Å². The van der Waals surface area contributed by atoms with Gasteiger partial charge in [0.2, 0.25) is 0 Å². The molecule has 2 nitrogen and oxygen atoms in total. The van der Waals surface area contributed by atoms with Gasteiger partial charge in [0.15, 0.2) is 0 Å². The van der Waals surface area contributed by atoms with Crippen LogP contribution in [0, 0.1) is 6.92 Å². The summed E-state index contributed by atoms with van der Waals surface area (Å²) in [4.78, 5) is 0. The number of nitrogens with one attached hydrogen (secondary N) is 1. The number of rotatable bonds is 4. The Bertz CT molecular complexity index is 557. The van der Waals surface area contributed by atoms with E-state index in [1.54, 1.807) is 0 Å². The second-order valence-electron chi connectivity index (χ2n) is 4.42. The van der Waals surface area contributed by atoms with Crippen molar-refractivity contribution in [3.05, 3.63) is 63.1 Å². The number of hydrogen-bond acceptors (Lipinski definition) is 2. The number of aryl methyl sites for hydroxylation is 1. The van der Waals surface area contributed by atoms with E-state index >= 15 is 0 Å².